The molecule has 0 bridgehead atoms. The van der Waals surface area contributed by atoms with Crippen LogP contribution in [0.2, 0.25) is 5.02 Å². The van der Waals surface area contributed by atoms with Gasteiger partial charge in [0.25, 0.3) is 0 Å². The molecule has 102 valence electrons. The Morgan fingerprint density at radius 2 is 2.32 bits per heavy atom. The second-order valence-electron chi connectivity index (χ2n) is 4.10. The fourth-order valence-corrected chi connectivity index (χ4v) is 2.89. The predicted molar refractivity (Wildman–Crippen MR) is 76.7 cm³/mol. The van der Waals surface area contributed by atoms with E-state index in [0.29, 0.717) is 18.2 Å². The molecule has 1 unspecified atom stereocenters. The number of urea groups is 1. The van der Waals surface area contributed by atoms with Gasteiger partial charge in [0.15, 0.2) is 0 Å². The summed E-state index contributed by atoms with van der Waals surface area (Å²) in [7, 11) is 1.58. The van der Waals surface area contributed by atoms with Crippen LogP contribution in [0.5, 0.6) is 0 Å². The van der Waals surface area contributed by atoms with Gasteiger partial charge in [-0.05, 0) is 17.7 Å². The highest BCUT2D eigenvalue weighted by atomic mass is 79.9. The van der Waals surface area contributed by atoms with Crippen molar-refractivity contribution in [3.63, 3.8) is 0 Å². The van der Waals surface area contributed by atoms with Crippen molar-refractivity contribution in [3.05, 3.63) is 33.3 Å². The molecule has 0 spiro atoms. The number of halogens is 2. The summed E-state index contributed by atoms with van der Waals surface area (Å²) >= 11 is 9.33. The molecule has 0 radical (unpaired) electrons. The van der Waals surface area contributed by atoms with E-state index in [4.69, 9.17) is 21.7 Å². The molecule has 1 atom stereocenters. The molecule has 1 aliphatic rings. The van der Waals surface area contributed by atoms with Crippen molar-refractivity contribution in [2.45, 2.75) is 6.04 Å². The number of benzene rings is 1. The second kappa shape index (κ2) is 5.90. The summed E-state index contributed by atoms with van der Waals surface area (Å²) in [6.07, 6.45) is 0. The topological polar surface area (TPSA) is 65.4 Å². The molecule has 2 N–H and O–H groups in total. The number of amidine groups is 1. The lowest BCUT2D eigenvalue weighted by Crippen LogP contribution is -2.32. The van der Waals surface area contributed by atoms with Crippen molar-refractivity contribution < 1.29 is 9.53 Å². The Morgan fingerprint density at radius 3 is 2.95 bits per heavy atom. The summed E-state index contributed by atoms with van der Waals surface area (Å²) in [5.41, 5.74) is 0.823. The Labute approximate surface area is 124 Å². The highest BCUT2D eigenvalue weighted by Gasteiger charge is 2.37. The highest BCUT2D eigenvalue weighted by Crippen LogP contribution is 2.32. The second-order valence-corrected chi connectivity index (χ2v) is 5.39. The van der Waals surface area contributed by atoms with Crippen LogP contribution in [-0.4, -0.2) is 37.0 Å². The zero-order chi connectivity index (χ0) is 14.0. The minimum Gasteiger partial charge on any atom is -0.383 e. The maximum atomic E-state index is 11.8. The Balaban J connectivity index is 2.33. The van der Waals surface area contributed by atoms with Gasteiger partial charge in [0.05, 0.1) is 6.61 Å². The van der Waals surface area contributed by atoms with E-state index in [1.165, 1.54) is 0 Å². The predicted octanol–water partition coefficient (Wildman–Crippen LogP) is 2.79. The zero-order valence-electron chi connectivity index (χ0n) is 10.2. The minimum absolute atomic E-state index is 0.157. The van der Waals surface area contributed by atoms with Gasteiger partial charge in [-0.2, -0.15) is 0 Å². The summed E-state index contributed by atoms with van der Waals surface area (Å²) in [5, 5.41) is 11.0. The highest BCUT2D eigenvalue weighted by molar-refractivity contribution is 9.10. The maximum Gasteiger partial charge on any atom is 0.323 e. The third-order valence-corrected chi connectivity index (χ3v) is 3.80. The van der Waals surface area contributed by atoms with Crippen LogP contribution in [0.1, 0.15) is 11.6 Å². The number of hydrogen-bond donors (Lipinski definition) is 2. The van der Waals surface area contributed by atoms with E-state index in [-0.39, 0.29) is 11.9 Å². The van der Waals surface area contributed by atoms with E-state index in [0.717, 1.165) is 10.0 Å². The smallest absolute Gasteiger partial charge is 0.323 e. The molecule has 0 aromatic heterocycles. The van der Waals surface area contributed by atoms with Crippen molar-refractivity contribution in [1.29, 1.82) is 5.41 Å². The van der Waals surface area contributed by atoms with Gasteiger partial charge < -0.3 is 9.64 Å². The van der Waals surface area contributed by atoms with Gasteiger partial charge >= 0.3 is 6.03 Å². The summed E-state index contributed by atoms with van der Waals surface area (Å²) < 4.78 is 5.77. The third-order valence-electron chi connectivity index (χ3n) is 2.88. The van der Waals surface area contributed by atoms with Crippen molar-refractivity contribution in [1.82, 2.24) is 10.2 Å². The van der Waals surface area contributed by atoms with E-state index in [9.17, 15) is 4.79 Å². The number of amides is 2. The van der Waals surface area contributed by atoms with Crippen LogP contribution in [-0.2, 0) is 4.74 Å². The first-order chi connectivity index (χ1) is 9.04. The first kappa shape index (κ1) is 14.3. The first-order valence-electron chi connectivity index (χ1n) is 5.64. The molecule has 1 saturated heterocycles. The minimum atomic E-state index is -0.436. The lowest BCUT2D eigenvalue weighted by atomic mass is 10.1. The van der Waals surface area contributed by atoms with E-state index in [1.807, 2.05) is 6.07 Å². The molecule has 5 nitrogen and oxygen atoms in total. The number of rotatable bonds is 4. The number of carbonyl (C=O) groups is 1. The van der Waals surface area contributed by atoms with Gasteiger partial charge in [0.1, 0.15) is 11.9 Å². The molecule has 7 heteroatoms. The first-order valence-corrected chi connectivity index (χ1v) is 6.81. The van der Waals surface area contributed by atoms with E-state index in [1.54, 1.807) is 24.1 Å². The molecule has 1 fully saturated rings. The Bertz CT molecular complexity index is 524. The molecule has 1 aromatic carbocycles. The number of methoxy groups -OCH3 is 1. The molecule has 0 aliphatic carbocycles. The van der Waals surface area contributed by atoms with Crippen molar-refractivity contribution in [2.24, 2.45) is 0 Å². The number of nitrogens with zero attached hydrogens (tertiary/aromatic N) is 1. The Kier molecular flexibility index (Phi) is 4.44. The fourth-order valence-electron chi connectivity index (χ4n) is 2.00. The van der Waals surface area contributed by atoms with Crippen LogP contribution in [0.25, 0.3) is 0 Å². The van der Waals surface area contributed by atoms with Gasteiger partial charge in [-0.15, -0.1) is 0 Å². The number of nitrogens with one attached hydrogen (secondary N) is 2. The molecule has 0 saturated carbocycles. The molecule has 19 heavy (non-hydrogen) atoms. The monoisotopic (exact) mass is 345 g/mol. The Hall–Kier alpha value is -1.11. The normalized spacial score (nSPS) is 18.9. The molecule has 1 aliphatic heterocycles. The number of ether oxygens (including phenoxy) is 1. The number of carbonyl (C=O) groups excluding carboxylic acids is 1. The molecular weight excluding hydrogens is 334 g/mol. The van der Waals surface area contributed by atoms with Crippen LogP contribution < -0.4 is 5.32 Å². The molecule has 1 aromatic rings. The lowest BCUT2D eigenvalue weighted by molar-refractivity contribution is 0.150. The number of hydrogen-bond acceptors (Lipinski definition) is 3. The average molecular weight is 347 g/mol. The summed E-state index contributed by atoms with van der Waals surface area (Å²) in [6.45, 7) is 0.840. The molecule has 2 rings (SSSR count). The van der Waals surface area contributed by atoms with Crippen molar-refractivity contribution in [3.8, 4) is 0 Å². The van der Waals surface area contributed by atoms with E-state index in [2.05, 4.69) is 21.2 Å². The average Bonchev–Trinajstić information content (AvgIpc) is 2.62. The summed E-state index contributed by atoms with van der Waals surface area (Å²) in [5.74, 6) is 0.157. The fraction of sp³-hybridized carbons (Fsp3) is 0.333. The van der Waals surface area contributed by atoms with Crippen molar-refractivity contribution in [2.75, 3.05) is 20.3 Å². The Morgan fingerprint density at radius 1 is 1.58 bits per heavy atom. The van der Waals surface area contributed by atoms with Crippen LogP contribution in [0.4, 0.5) is 4.79 Å². The van der Waals surface area contributed by atoms with Crippen LogP contribution >= 0.6 is 27.5 Å². The zero-order valence-corrected chi connectivity index (χ0v) is 12.6. The standard InChI is InChI=1S/C12H13BrClN3O2/c1-19-5-4-17-10(11(15)16-12(17)18)8-3-2-7(14)6-9(8)13/h2-3,6,10H,4-5H2,1H3,(H2,15,16,18). The van der Waals surface area contributed by atoms with Gasteiger partial charge in [-0.3, -0.25) is 10.7 Å². The quantitative estimate of drug-likeness (QED) is 0.880. The largest absolute Gasteiger partial charge is 0.383 e. The van der Waals surface area contributed by atoms with Gasteiger partial charge in [-0.1, -0.05) is 33.6 Å². The van der Waals surface area contributed by atoms with Gasteiger partial charge in [0, 0.05) is 23.1 Å². The lowest BCUT2D eigenvalue weighted by Gasteiger charge is -2.23. The molecule has 1 heterocycles. The van der Waals surface area contributed by atoms with E-state index < -0.39 is 6.04 Å². The summed E-state index contributed by atoms with van der Waals surface area (Å²) in [6, 6.07) is 4.59. The third kappa shape index (κ3) is 2.91. The molecule has 2 amide bonds. The van der Waals surface area contributed by atoms with Crippen LogP contribution in [0.15, 0.2) is 22.7 Å². The van der Waals surface area contributed by atoms with E-state index >= 15 is 0 Å². The maximum absolute atomic E-state index is 11.8. The van der Waals surface area contributed by atoms with Gasteiger partial charge in [0.2, 0.25) is 0 Å². The van der Waals surface area contributed by atoms with Crippen LogP contribution in [0.3, 0.4) is 0 Å². The van der Waals surface area contributed by atoms with Crippen molar-refractivity contribution >= 4 is 39.4 Å². The summed E-state index contributed by atoms with van der Waals surface area (Å²) in [4.78, 5) is 13.4. The van der Waals surface area contributed by atoms with Crippen LogP contribution in [0, 0.1) is 5.41 Å². The SMILES string of the molecule is COCCN1C(=O)NC(=N)C1c1ccc(Cl)cc1Br. The van der Waals surface area contributed by atoms with Gasteiger partial charge in [-0.25, -0.2) is 4.79 Å². The molecular formula is C12H13BrClN3O2.